The molecular weight excluding hydrogens is 244 g/mol. The van der Waals surface area contributed by atoms with Gasteiger partial charge in [0.25, 0.3) is 0 Å². The summed E-state index contributed by atoms with van der Waals surface area (Å²) in [5, 5.41) is 6.08. The third kappa shape index (κ3) is 5.27. The van der Waals surface area contributed by atoms with Gasteiger partial charge in [0, 0.05) is 12.1 Å². The van der Waals surface area contributed by atoms with Crippen molar-refractivity contribution in [3.8, 4) is 0 Å². The molecule has 0 radical (unpaired) electrons. The fourth-order valence-corrected chi connectivity index (χ4v) is 1.97. The predicted octanol–water partition coefficient (Wildman–Crippen LogP) is 3.31. The third-order valence-electron chi connectivity index (χ3n) is 2.49. The van der Waals surface area contributed by atoms with Crippen molar-refractivity contribution >= 4 is 28.9 Å². The van der Waals surface area contributed by atoms with Crippen LogP contribution >= 0.6 is 12.2 Å². The summed E-state index contributed by atoms with van der Waals surface area (Å²) in [6, 6.07) is 6.09. The summed E-state index contributed by atoms with van der Waals surface area (Å²) >= 11 is 5.11. The van der Waals surface area contributed by atoms with Gasteiger partial charge in [-0.05, 0) is 55.7 Å². The van der Waals surface area contributed by atoms with Crippen molar-refractivity contribution in [2.45, 2.75) is 40.0 Å². The first-order valence-electron chi connectivity index (χ1n) is 6.20. The lowest BCUT2D eigenvalue weighted by molar-refractivity contribution is -0.119. The molecule has 0 saturated heterocycles. The molecule has 1 amide bonds. The number of thiocarbonyl (C=S) groups is 1. The summed E-state index contributed by atoms with van der Waals surface area (Å²) in [7, 11) is 0. The Hall–Kier alpha value is -1.42. The number of rotatable bonds is 4. The van der Waals surface area contributed by atoms with Gasteiger partial charge in [-0.2, -0.15) is 0 Å². The first-order chi connectivity index (χ1) is 8.51. The molecule has 0 atom stereocenters. The van der Waals surface area contributed by atoms with Crippen LogP contribution < -0.4 is 10.6 Å². The molecule has 4 heteroatoms. The lowest BCUT2D eigenvalue weighted by atomic mass is 10.1. The Kier molecular flexibility index (Phi) is 5.78. The molecule has 0 aliphatic heterocycles. The van der Waals surface area contributed by atoms with Crippen molar-refractivity contribution in [3.05, 3.63) is 29.3 Å². The Balaban J connectivity index is 2.51. The first-order valence-corrected chi connectivity index (χ1v) is 6.61. The maximum Gasteiger partial charge on any atom is 0.226 e. The van der Waals surface area contributed by atoms with Crippen LogP contribution in [0.5, 0.6) is 0 Å². The number of hydrogen-bond donors (Lipinski definition) is 2. The quantitative estimate of drug-likeness (QED) is 0.820. The van der Waals surface area contributed by atoms with Crippen molar-refractivity contribution in [1.82, 2.24) is 5.32 Å². The molecule has 3 nitrogen and oxygen atoms in total. The van der Waals surface area contributed by atoms with Gasteiger partial charge in [0.2, 0.25) is 5.91 Å². The van der Waals surface area contributed by atoms with Gasteiger partial charge in [-0.3, -0.25) is 4.79 Å². The number of carbonyl (C=O) groups excluding carboxylic acids is 1. The van der Waals surface area contributed by atoms with E-state index in [4.69, 9.17) is 12.2 Å². The van der Waals surface area contributed by atoms with Crippen LogP contribution in [0.15, 0.2) is 18.2 Å². The van der Waals surface area contributed by atoms with E-state index in [0.29, 0.717) is 11.5 Å². The molecule has 1 aromatic rings. The summed E-state index contributed by atoms with van der Waals surface area (Å²) in [5.74, 6) is -0.0290. The monoisotopic (exact) mass is 264 g/mol. The van der Waals surface area contributed by atoms with E-state index in [9.17, 15) is 4.79 Å². The highest BCUT2D eigenvalue weighted by molar-refractivity contribution is 7.80. The lowest BCUT2D eigenvalue weighted by Gasteiger charge is -2.10. The summed E-state index contributed by atoms with van der Waals surface area (Å²) in [5.41, 5.74) is 3.24. The first kappa shape index (κ1) is 14.6. The topological polar surface area (TPSA) is 41.1 Å². The van der Waals surface area contributed by atoms with Gasteiger partial charge in [0.05, 0.1) is 0 Å². The van der Waals surface area contributed by atoms with E-state index in [1.807, 2.05) is 26.0 Å². The van der Waals surface area contributed by atoms with Crippen molar-refractivity contribution in [2.24, 2.45) is 0 Å². The van der Waals surface area contributed by atoms with E-state index in [1.54, 1.807) is 0 Å². The van der Waals surface area contributed by atoms with E-state index in [-0.39, 0.29) is 5.91 Å². The zero-order valence-corrected chi connectivity index (χ0v) is 12.0. The van der Waals surface area contributed by atoms with Gasteiger partial charge >= 0.3 is 0 Å². The van der Waals surface area contributed by atoms with Crippen LogP contribution in [0.3, 0.4) is 0 Å². The van der Waals surface area contributed by atoms with Crippen LogP contribution in [0, 0.1) is 13.8 Å². The van der Waals surface area contributed by atoms with Crippen molar-refractivity contribution in [3.63, 3.8) is 0 Å². The fraction of sp³-hybridized carbons (Fsp3) is 0.429. The van der Waals surface area contributed by atoms with Gasteiger partial charge < -0.3 is 10.6 Å². The highest BCUT2D eigenvalue weighted by Crippen LogP contribution is 2.13. The van der Waals surface area contributed by atoms with Gasteiger partial charge in [-0.1, -0.05) is 19.4 Å². The Morgan fingerprint density at radius 2 is 1.83 bits per heavy atom. The molecular formula is C14H20N2OS. The van der Waals surface area contributed by atoms with E-state index in [1.165, 1.54) is 0 Å². The molecule has 0 bridgehead atoms. The van der Waals surface area contributed by atoms with Crippen LogP contribution in [0.1, 0.15) is 37.3 Å². The maximum atomic E-state index is 11.5. The van der Waals surface area contributed by atoms with Gasteiger partial charge in [-0.15, -0.1) is 0 Å². The lowest BCUT2D eigenvalue weighted by Crippen LogP contribution is -2.33. The Morgan fingerprint density at radius 3 is 2.39 bits per heavy atom. The second-order valence-corrected chi connectivity index (χ2v) is 4.89. The summed E-state index contributed by atoms with van der Waals surface area (Å²) in [4.78, 5) is 11.5. The van der Waals surface area contributed by atoms with E-state index < -0.39 is 0 Å². The third-order valence-corrected chi connectivity index (χ3v) is 2.69. The molecule has 0 aliphatic rings. The zero-order chi connectivity index (χ0) is 13.5. The molecule has 0 aromatic heterocycles. The Bertz CT molecular complexity index is 423. The molecule has 2 N–H and O–H groups in total. The summed E-state index contributed by atoms with van der Waals surface area (Å²) < 4.78 is 0. The summed E-state index contributed by atoms with van der Waals surface area (Å²) in [6.07, 6.45) is 2.41. The number of amides is 1. The molecule has 0 saturated carbocycles. The number of carbonyl (C=O) groups is 1. The van der Waals surface area contributed by atoms with Crippen LogP contribution in [-0.4, -0.2) is 11.0 Å². The fourth-order valence-electron chi connectivity index (χ4n) is 1.74. The number of nitrogens with one attached hydrogen (secondary N) is 2. The Labute approximate surface area is 114 Å². The van der Waals surface area contributed by atoms with Crippen LogP contribution in [0.2, 0.25) is 0 Å². The molecule has 0 spiro atoms. The maximum absolute atomic E-state index is 11.5. The number of anilines is 1. The predicted molar refractivity (Wildman–Crippen MR) is 79.8 cm³/mol. The average molecular weight is 264 g/mol. The minimum Gasteiger partial charge on any atom is -0.332 e. The second kappa shape index (κ2) is 7.11. The molecule has 0 fully saturated rings. The molecule has 0 aliphatic carbocycles. The number of aryl methyl sites for hydroxylation is 2. The van der Waals surface area contributed by atoms with Gasteiger partial charge in [0.1, 0.15) is 0 Å². The van der Waals surface area contributed by atoms with Crippen molar-refractivity contribution < 1.29 is 4.79 Å². The van der Waals surface area contributed by atoms with Gasteiger partial charge in [-0.25, -0.2) is 0 Å². The van der Waals surface area contributed by atoms with E-state index in [2.05, 4.69) is 23.6 Å². The largest absolute Gasteiger partial charge is 0.332 e. The number of hydrogen-bond acceptors (Lipinski definition) is 2. The minimum atomic E-state index is -0.0290. The smallest absolute Gasteiger partial charge is 0.226 e. The average Bonchev–Trinajstić information content (AvgIpc) is 2.24. The highest BCUT2D eigenvalue weighted by atomic mass is 32.1. The molecule has 98 valence electrons. The van der Waals surface area contributed by atoms with Gasteiger partial charge in [0.15, 0.2) is 5.11 Å². The highest BCUT2D eigenvalue weighted by Gasteiger charge is 2.04. The number of unbranched alkanes of at least 4 members (excludes halogenated alkanes) is 1. The van der Waals surface area contributed by atoms with Crippen LogP contribution in [0.4, 0.5) is 5.69 Å². The van der Waals surface area contributed by atoms with E-state index >= 15 is 0 Å². The zero-order valence-electron chi connectivity index (χ0n) is 11.2. The van der Waals surface area contributed by atoms with Crippen molar-refractivity contribution in [2.75, 3.05) is 5.32 Å². The molecule has 0 unspecified atom stereocenters. The Morgan fingerprint density at radius 1 is 1.22 bits per heavy atom. The molecule has 1 rings (SSSR count). The normalized spacial score (nSPS) is 9.94. The van der Waals surface area contributed by atoms with Crippen LogP contribution in [0.25, 0.3) is 0 Å². The van der Waals surface area contributed by atoms with Crippen LogP contribution in [-0.2, 0) is 4.79 Å². The molecule has 1 aromatic carbocycles. The van der Waals surface area contributed by atoms with E-state index in [0.717, 1.165) is 29.7 Å². The molecule has 0 heterocycles. The summed E-state index contributed by atoms with van der Waals surface area (Å²) in [6.45, 7) is 6.11. The SMILES string of the molecule is CCCCC(=O)NC(=S)Nc1cc(C)cc(C)c1. The number of benzene rings is 1. The second-order valence-electron chi connectivity index (χ2n) is 4.48. The standard InChI is InChI=1S/C14H20N2OS/c1-4-5-6-13(17)16-14(18)15-12-8-10(2)7-11(3)9-12/h7-9H,4-6H2,1-3H3,(H2,15,16,17,18). The minimum absolute atomic E-state index is 0.0290. The van der Waals surface area contributed by atoms with Crippen molar-refractivity contribution in [1.29, 1.82) is 0 Å². The molecule has 18 heavy (non-hydrogen) atoms.